The van der Waals surface area contributed by atoms with Gasteiger partial charge in [-0.3, -0.25) is 14.2 Å². The number of ether oxygens (including phenoxy) is 2. The highest BCUT2D eigenvalue weighted by molar-refractivity contribution is 6.11. The van der Waals surface area contributed by atoms with Crippen molar-refractivity contribution in [2.75, 3.05) is 13.7 Å². The Morgan fingerprint density at radius 1 is 1.10 bits per heavy atom. The van der Waals surface area contributed by atoms with Gasteiger partial charge in [0, 0.05) is 5.56 Å². The fourth-order valence-corrected chi connectivity index (χ4v) is 3.30. The lowest BCUT2D eigenvalue weighted by atomic mass is 9.97. The van der Waals surface area contributed by atoms with E-state index in [2.05, 4.69) is 0 Å². The highest BCUT2D eigenvalue weighted by atomic mass is 16.5. The number of hydrogen-bond donors (Lipinski definition) is 1. The van der Waals surface area contributed by atoms with Crippen LogP contribution >= 0.6 is 0 Å². The van der Waals surface area contributed by atoms with E-state index in [-0.39, 0.29) is 23.2 Å². The van der Waals surface area contributed by atoms with Crippen LogP contribution < -0.4 is 15.0 Å². The number of hydrogen-bond acceptors (Lipinski definition) is 6. The molecule has 3 aromatic rings. The van der Waals surface area contributed by atoms with Crippen molar-refractivity contribution in [1.82, 2.24) is 4.57 Å². The van der Waals surface area contributed by atoms with Crippen molar-refractivity contribution >= 4 is 5.78 Å². The van der Waals surface area contributed by atoms with Gasteiger partial charge in [-0.05, 0) is 61.4 Å². The first-order valence-corrected chi connectivity index (χ1v) is 9.68. The van der Waals surface area contributed by atoms with Gasteiger partial charge >= 0.3 is 0 Å². The Morgan fingerprint density at radius 2 is 1.71 bits per heavy atom. The molecule has 0 saturated heterocycles. The van der Waals surface area contributed by atoms with Crippen molar-refractivity contribution in [1.29, 1.82) is 5.26 Å². The van der Waals surface area contributed by atoms with Crippen molar-refractivity contribution in [2.45, 2.75) is 20.4 Å². The average Bonchev–Trinajstić information content (AvgIpc) is 2.78. The number of methoxy groups -OCH3 is 1. The Bertz CT molecular complexity index is 1200. The number of ketones is 1. The van der Waals surface area contributed by atoms with E-state index in [1.807, 2.05) is 13.0 Å². The lowest BCUT2D eigenvalue weighted by Crippen LogP contribution is -2.27. The maximum Gasteiger partial charge on any atom is 0.271 e. The molecule has 0 fully saturated rings. The number of pyridine rings is 1. The fourth-order valence-electron chi connectivity index (χ4n) is 3.30. The molecule has 1 heterocycles. The lowest BCUT2D eigenvalue weighted by molar-refractivity contribution is 0.103. The van der Waals surface area contributed by atoms with Crippen molar-refractivity contribution in [3.63, 3.8) is 0 Å². The van der Waals surface area contributed by atoms with Crippen molar-refractivity contribution in [2.24, 2.45) is 0 Å². The molecule has 1 aromatic heterocycles. The minimum absolute atomic E-state index is 0.00677. The van der Waals surface area contributed by atoms with E-state index < -0.39 is 17.2 Å². The van der Waals surface area contributed by atoms with Crippen LogP contribution in [0.5, 0.6) is 17.4 Å². The number of aromatic nitrogens is 1. The molecule has 2 aromatic carbocycles. The van der Waals surface area contributed by atoms with Gasteiger partial charge in [0.05, 0.1) is 25.8 Å². The molecule has 0 spiro atoms. The zero-order chi connectivity index (χ0) is 22.5. The van der Waals surface area contributed by atoms with Gasteiger partial charge in [0.2, 0.25) is 5.88 Å². The molecule has 7 heteroatoms. The van der Waals surface area contributed by atoms with E-state index in [0.29, 0.717) is 29.2 Å². The molecule has 3 rings (SSSR count). The summed E-state index contributed by atoms with van der Waals surface area (Å²) in [6, 6.07) is 15.3. The number of benzene rings is 2. The molecule has 0 atom stereocenters. The normalized spacial score (nSPS) is 10.4. The minimum Gasteiger partial charge on any atom is -0.497 e. The summed E-state index contributed by atoms with van der Waals surface area (Å²) in [6.07, 6.45) is 0. The monoisotopic (exact) mass is 418 g/mol. The number of carbonyl (C=O) groups is 1. The summed E-state index contributed by atoms with van der Waals surface area (Å²) >= 11 is 0. The zero-order valence-corrected chi connectivity index (χ0v) is 17.5. The third-order valence-electron chi connectivity index (χ3n) is 4.95. The summed E-state index contributed by atoms with van der Waals surface area (Å²) in [5.74, 6) is 0.296. The van der Waals surface area contributed by atoms with Gasteiger partial charge in [-0.2, -0.15) is 5.26 Å². The molecular formula is C24H22N2O5. The van der Waals surface area contributed by atoms with Crippen molar-refractivity contribution < 1.29 is 19.4 Å². The second-order valence-electron chi connectivity index (χ2n) is 6.84. The smallest absolute Gasteiger partial charge is 0.271 e. The summed E-state index contributed by atoms with van der Waals surface area (Å²) in [5.41, 5.74) is 0.242. The molecule has 0 aliphatic heterocycles. The van der Waals surface area contributed by atoms with Crippen LogP contribution in [0.4, 0.5) is 0 Å². The lowest BCUT2D eigenvalue weighted by Gasteiger charge is -2.16. The Kier molecular flexibility index (Phi) is 6.41. The van der Waals surface area contributed by atoms with Crippen LogP contribution in [0, 0.1) is 18.3 Å². The minimum atomic E-state index is -0.656. The molecule has 0 aliphatic carbocycles. The standard InChI is InChI=1S/C24H22N2O5/c1-4-31-19-11-7-17(8-12-19)22(27)21-15(2)20(13-25)23(28)26(24(21)29)14-16-5-9-18(30-3)10-6-16/h5-12,29H,4,14H2,1-3H3. The Morgan fingerprint density at radius 3 is 2.26 bits per heavy atom. The second-order valence-corrected chi connectivity index (χ2v) is 6.84. The predicted octanol–water partition coefficient (Wildman–Crippen LogP) is 3.42. The first kappa shape index (κ1) is 21.7. The first-order valence-electron chi connectivity index (χ1n) is 9.68. The molecule has 0 radical (unpaired) electrons. The summed E-state index contributed by atoms with van der Waals surface area (Å²) in [5, 5.41) is 20.4. The van der Waals surface area contributed by atoms with Crippen LogP contribution in [0.15, 0.2) is 53.3 Å². The predicted molar refractivity (Wildman–Crippen MR) is 115 cm³/mol. The van der Waals surface area contributed by atoms with Crippen molar-refractivity contribution in [3.8, 4) is 23.4 Å². The van der Waals surface area contributed by atoms with Gasteiger partial charge in [-0.15, -0.1) is 0 Å². The van der Waals surface area contributed by atoms with Gasteiger partial charge < -0.3 is 14.6 Å². The van der Waals surface area contributed by atoms with Crippen LogP contribution in [0.25, 0.3) is 0 Å². The third kappa shape index (κ3) is 4.28. The Hall–Kier alpha value is -4.05. The van der Waals surface area contributed by atoms with E-state index in [1.165, 1.54) is 6.92 Å². The van der Waals surface area contributed by atoms with E-state index in [1.54, 1.807) is 55.6 Å². The summed E-state index contributed by atoms with van der Waals surface area (Å²) < 4.78 is 11.6. The van der Waals surface area contributed by atoms with Gasteiger partial charge in [0.15, 0.2) is 5.78 Å². The summed E-state index contributed by atoms with van der Waals surface area (Å²) in [7, 11) is 1.54. The number of nitrogens with zero attached hydrogens (tertiary/aromatic N) is 2. The molecule has 1 N–H and O–H groups in total. The van der Waals surface area contributed by atoms with Crippen LogP contribution in [-0.4, -0.2) is 29.2 Å². The van der Waals surface area contributed by atoms with E-state index in [9.17, 15) is 20.0 Å². The molecule has 0 bridgehead atoms. The molecule has 0 saturated carbocycles. The summed E-state index contributed by atoms with van der Waals surface area (Å²) in [6.45, 7) is 3.83. The topological polar surface area (TPSA) is 102 Å². The average molecular weight is 418 g/mol. The molecular weight excluding hydrogens is 396 g/mol. The van der Waals surface area contributed by atoms with Crippen molar-refractivity contribution in [3.05, 3.63) is 86.7 Å². The fraction of sp³-hybridized carbons (Fsp3) is 0.208. The van der Waals surface area contributed by atoms with Crippen LogP contribution in [0.3, 0.4) is 0 Å². The molecule has 0 aliphatic rings. The SMILES string of the molecule is CCOc1ccc(C(=O)c2c(C)c(C#N)c(=O)n(Cc3ccc(OC)cc3)c2O)cc1. The zero-order valence-electron chi connectivity index (χ0n) is 17.5. The third-order valence-corrected chi connectivity index (χ3v) is 4.95. The van der Waals surface area contributed by atoms with Crippen LogP contribution in [0.2, 0.25) is 0 Å². The number of nitriles is 1. The van der Waals surface area contributed by atoms with Crippen LogP contribution in [0.1, 0.15) is 39.5 Å². The van der Waals surface area contributed by atoms with E-state index >= 15 is 0 Å². The maximum absolute atomic E-state index is 13.2. The molecule has 0 unspecified atom stereocenters. The van der Waals surface area contributed by atoms with E-state index in [0.717, 1.165) is 4.57 Å². The highest BCUT2D eigenvalue weighted by Crippen LogP contribution is 2.26. The van der Waals surface area contributed by atoms with E-state index in [4.69, 9.17) is 9.47 Å². The molecule has 158 valence electrons. The maximum atomic E-state index is 13.2. The largest absolute Gasteiger partial charge is 0.497 e. The second kappa shape index (κ2) is 9.18. The molecule has 7 nitrogen and oxygen atoms in total. The quantitative estimate of drug-likeness (QED) is 0.590. The van der Waals surface area contributed by atoms with Crippen LogP contribution in [-0.2, 0) is 6.54 Å². The highest BCUT2D eigenvalue weighted by Gasteiger charge is 2.25. The summed E-state index contributed by atoms with van der Waals surface area (Å²) in [4.78, 5) is 26.0. The van der Waals surface area contributed by atoms with Gasteiger partial charge in [-0.25, -0.2) is 0 Å². The first-order chi connectivity index (χ1) is 14.9. The number of aromatic hydroxyl groups is 1. The van der Waals surface area contributed by atoms with Gasteiger partial charge in [0.1, 0.15) is 23.1 Å². The number of carbonyl (C=O) groups excluding carboxylic acids is 1. The number of rotatable bonds is 7. The van der Waals surface area contributed by atoms with Gasteiger partial charge in [0.25, 0.3) is 5.56 Å². The molecule has 31 heavy (non-hydrogen) atoms. The Balaban J connectivity index is 2.09. The van der Waals surface area contributed by atoms with Gasteiger partial charge in [-0.1, -0.05) is 12.1 Å². The Labute approximate surface area is 179 Å². The molecule has 0 amide bonds.